The van der Waals surface area contributed by atoms with Gasteiger partial charge in [-0.3, -0.25) is 9.59 Å². The summed E-state index contributed by atoms with van der Waals surface area (Å²) in [6, 6.07) is 0. The SMILES string of the molecule is COC(=O)CCS(=O)(=O)N1CCC2(CC1)CNC(=O)C2. The largest absolute Gasteiger partial charge is 0.469 e. The van der Waals surface area contributed by atoms with Crippen LogP contribution >= 0.6 is 0 Å². The molecule has 20 heavy (non-hydrogen) atoms. The van der Waals surface area contributed by atoms with Crippen molar-refractivity contribution in [3.8, 4) is 0 Å². The molecule has 0 aliphatic carbocycles. The Morgan fingerprint density at radius 1 is 1.40 bits per heavy atom. The molecule has 0 radical (unpaired) electrons. The smallest absolute Gasteiger partial charge is 0.306 e. The second-order valence-corrected chi connectivity index (χ2v) is 7.58. The Bertz CT molecular complexity index is 494. The van der Waals surface area contributed by atoms with Crippen LogP contribution in [0.4, 0.5) is 0 Å². The number of nitrogens with one attached hydrogen (secondary N) is 1. The molecule has 8 heteroatoms. The number of carbonyl (C=O) groups is 2. The first-order valence-corrected chi connectivity index (χ1v) is 8.29. The highest BCUT2D eigenvalue weighted by Crippen LogP contribution is 2.38. The Morgan fingerprint density at radius 3 is 2.55 bits per heavy atom. The molecular formula is C12H20N2O5S. The molecule has 0 saturated carbocycles. The average Bonchev–Trinajstić information content (AvgIpc) is 2.77. The van der Waals surface area contributed by atoms with Crippen molar-refractivity contribution in [2.24, 2.45) is 5.41 Å². The highest BCUT2D eigenvalue weighted by atomic mass is 32.2. The van der Waals surface area contributed by atoms with E-state index >= 15 is 0 Å². The van der Waals surface area contributed by atoms with Gasteiger partial charge in [-0.1, -0.05) is 0 Å². The Balaban J connectivity index is 1.89. The van der Waals surface area contributed by atoms with E-state index in [2.05, 4.69) is 10.1 Å². The van der Waals surface area contributed by atoms with E-state index in [9.17, 15) is 18.0 Å². The number of nitrogens with zero attached hydrogens (tertiary/aromatic N) is 1. The molecule has 2 saturated heterocycles. The Labute approximate surface area is 118 Å². The molecule has 0 atom stereocenters. The molecule has 1 N–H and O–H groups in total. The lowest BCUT2D eigenvalue weighted by Gasteiger charge is -2.37. The molecule has 0 bridgehead atoms. The summed E-state index contributed by atoms with van der Waals surface area (Å²) in [5, 5.41) is 2.81. The van der Waals surface area contributed by atoms with Crippen LogP contribution in [-0.4, -0.2) is 57.1 Å². The minimum absolute atomic E-state index is 0.0481. The van der Waals surface area contributed by atoms with Gasteiger partial charge in [0.05, 0.1) is 19.3 Å². The van der Waals surface area contributed by atoms with Gasteiger partial charge in [0, 0.05) is 26.1 Å². The summed E-state index contributed by atoms with van der Waals surface area (Å²) >= 11 is 0. The minimum Gasteiger partial charge on any atom is -0.469 e. The van der Waals surface area contributed by atoms with Crippen molar-refractivity contribution >= 4 is 21.9 Å². The van der Waals surface area contributed by atoms with Crippen LogP contribution in [0.25, 0.3) is 0 Å². The van der Waals surface area contributed by atoms with Crippen LogP contribution in [0.3, 0.4) is 0 Å². The third-order valence-electron chi connectivity index (χ3n) is 4.16. The van der Waals surface area contributed by atoms with Crippen LogP contribution in [0.15, 0.2) is 0 Å². The molecule has 2 rings (SSSR count). The van der Waals surface area contributed by atoms with Gasteiger partial charge < -0.3 is 10.1 Å². The number of hydrogen-bond acceptors (Lipinski definition) is 5. The highest BCUT2D eigenvalue weighted by molar-refractivity contribution is 7.89. The van der Waals surface area contributed by atoms with Crippen molar-refractivity contribution in [1.82, 2.24) is 9.62 Å². The van der Waals surface area contributed by atoms with E-state index in [4.69, 9.17) is 0 Å². The molecule has 2 aliphatic rings. The molecule has 7 nitrogen and oxygen atoms in total. The average molecular weight is 304 g/mol. The molecule has 2 fully saturated rings. The van der Waals surface area contributed by atoms with Gasteiger partial charge in [0.1, 0.15) is 0 Å². The van der Waals surface area contributed by atoms with Gasteiger partial charge in [0.25, 0.3) is 0 Å². The second kappa shape index (κ2) is 5.69. The molecule has 2 aliphatic heterocycles. The molecule has 2 heterocycles. The number of methoxy groups -OCH3 is 1. The monoisotopic (exact) mass is 304 g/mol. The third kappa shape index (κ3) is 3.29. The zero-order chi connectivity index (χ0) is 14.8. The number of hydrogen-bond donors (Lipinski definition) is 1. The zero-order valence-corrected chi connectivity index (χ0v) is 12.4. The maximum absolute atomic E-state index is 12.1. The van der Waals surface area contributed by atoms with Crippen molar-refractivity contribution in [3.05, 3.63) is 0 Å². The van der Waals surface area contributed by atoms with Gasteiger partial charge in [-0.15, -0.1) is 0 Å². The van der Waals surface area contributed by atoms with E-state index in [1.807, 2.05) is 0 Å². The van der Waals surface area contributed by atoms with Crippen molar-refractivity contribution in [1.29, 1.82) is 0 Å². The first kappa shape index (κ1) is 15.2. The predicted molar refractivity (Wildman–Crippen MR) is 71.3 cm³/mol. The molecule has 114 valence electrons. The molecule has 0 aromatic rings. The zero-order valence-electron chi connectivity index (χ0n) is 11.6. The number of sulfonamides is 1. The topological polar surface area (TPSA) is 92.8 Å². The number of rotatable bonds is 4. The quantitative estimate of drug-likeness (QED) is 0.706. The van der Waals surface area contributed by atoms with E-state index < -0.39 is 16.0 Å². The highest BCUT2D eigenvalue weighted by Gasteiger charge is 2.42. The first-order chi connectivity index (χ1) is 9.37. The third-order valence-corrected chi connectivity index (χ3v) is 6.04. The Hall–Kier alpha value is -1.15. The lowest BCUT2D eigenvalue weighted by Crippen LogP contribution is -2.44. The van der Waals surface area contributed by atoms with Gasteiger partial charge >= 0.3 is 5.97 Å². The Kier molecular flexibility index (Phi) is 4.33. The summed E-state index contributed by atoms with van der Waals surface area (Å²) in [5.41, 5.74) is -0.0779. The maximum atomic E-state index is 12.1. The predicted octanol–water partition coefficient (Wildman–Crippen LogP) is -0.519. The fourth-order valence-corrected chi connectivity index (χ4v) is 4.21. The van der Waals surface area contributed by atoms with E-state index in [0.29, 0.717) is 38.9 Å². The molecule has 1 spiro atoms. The summed E-state index contributed by atoms with van der Waals surface area (Å²) in [7, 11) is -2.18. The number of amides is 1. The van der Waals surface area contributed by atoms with Crippen LogP contribution in [0, 0.1) is 5.41 Å². The number of carbonyl (C=O) groups excluding carboxylic acids is 2. The minimum atomic E-state index is -3.42. The van der Waals surface area contributed by atoms with Gasteiger partial charge in [-0.2, -0.15) is 0 Å². The summed E-state index contributed by atoms with van der Waals surface area (Å²) in [6.45, 7) is 1.47. The standard InChI is InChI=1S/C12H20N2O5S/c1-19-11(16)2-7-20(17,18)14-5-3-12(4-6-14)8-10(15)13-9-12/h2-9H2,1H3,(H,13,15). The van der Waals surface area contributed by atoms with Crippen LogP contribution in [0.5, 0.6) is 0 Å². The number of piperidine rings is 1. The number of ether oxygens (including phenoxy) is 1. The molecule has 0 aromatic heterocycles. The van der Waals surface area contributed by atoms with Crippen molar-refractivity contribution < 1.29 is 22.7 Å². The fraction of sp³-hybridized carbons (Fsp3) is 0.833. The van der Waals surface area contributed by atoms with Gasteiger partial charge in [-0.25, -0.2) is 12.7 Å². The lowest BCUT2D eigenvalue weighted by molar-refractivity contribution is -0.140. The summed E-state index contributed by atoms with van der Waals surface area (Å²) < 4.78 is 30.1. The Morgan fingerprint density at radius 2 is 2.05 bits per heavy atom. The van der Waals surface area contributed by atoms with E-state index in [1.54, 1.807) is 0 Å². The lowest BCUT2D eigenvalue weighted by atomic mass is 9.78. The normalized spacial score (nSPS) is 22.8. The molecule has 1 amide bonds. The number of esters is 1. The van der Waals surface area contributed by atoms with Crippen LogP contribution in [0.1, 0.15) is 25.7 Å². The fourth-order valence-electron chi connectivity index (χ4n) is 2.79. The van der Waals surface area contributed by atoms with Gasteiger partial charge in [0.2, 0.25) is 15.9 Å². The van der Waals surface area contributed by atoms with Crippen LogP contribution in [0.2, 0.25) is 0 Å². The van der Waals surface area contributed by atoms with Crippen LogP contribution in [-0.2, 0) is 24.3 Å². The van der Waals surface area contributed by atoms with Crippen LogP contribution < -0.4 is 5.32 Å². The first-order valence-electron chi connectivity index (χ1n) is 6.68. The van der Waals surface area contributed by atoms with Crippen molar-refractivity contribution in [2.45, 2.75) is 25.7 Å². The molecule has 0 aromatic carbocycles. The van der Waals surface area contributed by atoms with E-state index in [0.717, 1.165) is 0 Å². The van der Waals surface area contributed by atoms with Gasteiger partial charge in [-0.05, 0) is 18.3 Å². The van der Waals surface area contributed by atoms with Gasteiger partial charge in [0.15, 0.2) is 0 Å². The summed E-state index contributed by atoms with van der Waals surface area (Å²) in [4.78, 5) is 22.3. The molecular weight excluding hydrogens is 284 g/mol. The van der Waals surface area contributed by atoms with E-state index in [1.165, 1.54) is 11.4 Å². The summed E-state index contributed by atoms with van der Waals surface area (Å²) in [5.74, 6) is -0.691. The summed E-state index contributed by atoms with van der Waals surface area (Å²) in [6.07, 6.45) is 1.73. The van der Waals surface area contributed by atoms with Crippen molar-refractivity contribution in [3.63, 3.8) is 0 Å². The maximum Gasteiger partial charge on any atom is 0.306 e. The second-order valence-electron chi connectivity index (χ2n) is 5.49. The van der Waals surface area contributed by atoms with E-state index in [-0.39, 0.29) is 23.5 Å². The molecule has 0 unspecified atom stereocenters. The van der Waals surface area contributed by atoms with Crippen molar-refractivity contribution in [2.75, 3.05) is 32.5 Å².